The van der Waals surface area contributed by atoms with Gasteiger partial charge < -0.3 is 19.7 Å². The molecule has 12 heteroatoms. The maximum atomic E-state index is 15.1. The van der Waals surface area contributed by atoms with Crippen LogP contribution in [0.1, 0.15) is 37.1 Å². The molecule has 3 aromatic heterocycles. The van der Waals surface area contributed by atoms with Crippen LogP contribution in [0.2, 0.25) is 0 Å². The van der Waals surface area contributed by atoms with Gasteiger partial charge in [0, 0.05) is 31.1 Å². The first-order valence-electron chi connectivity index (χ1n) is 13.8. The molecule has 218 valence electrons. The van der Waals surface area contributed by atoms with E-state index in [2.05, 4.69) is 30.4 Å². The van der Waals surface area contributed by atoms with E-state index in [1.54, 1.807) is 34.9 Å². The van der Waals surface area contributed by atoms with E-state index in [9.17, 15) is 0 Å². The van der Waals surface area contributed by atoms with Gasteiger partial charge in [-0.25, -0.2) is 33.2 Å². The maximum absolute atomic E-state index is 15.1. The Kier molecular flexibility index (Phi) is 7.31. The summed E-state index contributed by atoms with van der Waals surface area (Å²) in [5, 5.41) is 7.94. The number of aryl methyl sites for hydroxylation is 1. The summed E-state index contributed by atoms with van der Waals surface area (Å²) in [5.74, 6) is -2.02. The summed E-state index contributed by atoms with van der Waals surface area (Å²) in [6, 6.07) is 11.4. The van der Waals surface area contributed by atoms with Crippen LogP contribution in [-0.4, -0.2) is 72.7 Å². The molecular formula is C30H32F2N8O2. The molecule has 1 aliphatic heterocycles. The first kappa shape index (κ1) is 27.7. The number of rotatable bonds is 8. The molecule has 2 aromatic carbocycles. The van der Waals surface area contributed by atoms with E-state index in [1.807, 2.05) is 45.0 Å². The largest absolute Gasteiger partial charge is 0.487 e. The maximum Gasteiger partial charge on any atom is 0.296 e. The zero-order chi connectivity index (χ0) is 29.4. The van der Waals surface area contributed by atoms with Gasteiger partial charge in [-0.2, -0.15) is 5.10 Å². The van der Waals surface area contributed by atoms with Crippen molar-refractivity contribution in [3.63, 3.8) is 0 Å². The molecular weight excluding hydrogens is 542 g/mol. The highest BCUT2D eigenvalue weighted by molar-refractivity contribution is 5.97. The van der Waals surface area contributed by atoms with Gasteiger partial charge in [-0.05, 0) is 63.2 Å². The Labute approximate surface area is 241 Å². The number of nitrogens with one attached hydrogen (secondary N) is 1. The third kappa shape index (κ3) is 5.67. The van der Waals surface area contributed by atoms with E-state index in [0.29, 0.717) is 35.4 Å². The summed E-state index contributed by atoms with van der Waals surface area (Å²) in [5.41, 5.74) is 5.11. The lowest BCUT2D eigenvalue weighted by Gasteiger charge is -2.36. The fourth-order valence-corrected chi connectivity index (χ4v) is 5.21. The Morgan fingerprint density at radius 3 is 2.71 bits per heavy atom. The molecule has 0 radical (unpaired) electrons. The molecule has 1 aliphatic rings. The molecule has 0 aliphatic carbocycles. The fourth-order valence-electron chi connectivity index (χ4n) is 5.21. The van der Waals surface area contributed by atoms with Crippen LogP contribution in [0.3, 0.4) is 0 Å². The molecule has 1 fully saturated rings. The van der Waals surface area contributed by atoms with Crippen molar-refractivity contribution in [3.8, 4) is 11.5 Å². The van der Waals surface area contributed by atoms with Gasteiger partial charge in [-0.3, -0.25) is 0 Å². The second kappa shape index (κ2) is 11.1. The Hall–Kier alpha value is -4.45. The molecule has 5 aromatic rings. The molecule has 0 bridgehead atoms. The average Bonchev–Trinajstić information content (AvgIpc) is 3.40. The van der Waals surface area contributed by atoms with Crippen molar-refractivity contribution in [2.45, 2.75) is 51.7 Å². The first-order chi connectivity index (χ1) is 20.2. The zero-order valence-electron chi connectivity index (χ0n) is 23.9. The van der Waals surface area contributed by atoms with Crippen molar-refractivity contribution in [3.05, 3.63) is 72.2 Å². The topological polar surface area (TPSA) is 103 Å². The van der Waals surface area contributed by atoms with Crippen LogP contribution >= 0.6 is 0 Å². The number of fused-ring (bicyclic) bond motifs is 2. The number of benzene rings is 2. The lowest BCUT2D eigenvalue weighted by atomic mass is 10.0. The minimum Gasteiger partial charge on any atom is -0.487 e. The number of anilines is 2. The van der Waals surface area contributed by atoms with E-state index >= 15 is 8.78 Å². The number of nitrogens with zero attached hydrogens (tertiary/aromatic N) is 7. The van der Waals surface area contributed by atoms with Crippen LogP contribution in [0.4, 0.5) is 20.3 Å². The van der Waals surface area contributed by atoms with Gasteiger partial charge in [-0.1, -0.05) is 6.07 Å². The molecule has 10 nitrogen and oxygen atoms in total. The van der Waals surface area contributed by atoms with Crippen molar-refractivity contribution >= 4 is 28.1 Å². The predicted octanol–water partition coefficient (Wildman–Crippen LogP) is 5.22. The molecule has 42 heavy (non-hydrogen) atoms. The second-order valence-electron chi connectivity index (χ2n) is 11.0. The Bertz CT molecular complexity index is 1740. The SMILES string of the molecule is Cc1cc(Nc2ncnc3ccc(OC(C)C)c(O[C@@H]4CCN(C)CC4(F)F)c23)ccc1Cc1cc2ncnn2cn1. The van der Waals surface area contributed by atoms with E-state index in [-0.39, 0.29) is 24.8 Å². The molecule has 1 N–H and O–H groups in total. The number of piperidine rings is 1. The zero-order valence-corrected chi connectivity index (χ0v) is 23.9. The minimum absolute atomic E-state index is 0.178. The average molecular weight is 575 g/mol. The second-order valence-corrected chi connectivity index (χ2v) is 11.0. The van der Waals surface area contributed by atoms with Crippen molar-refractivity contribution in [2.24, 2.45) is 0 Å². The summed E-state index contributed by atoms with van der Waals surface area (Å²) in [6.07, 6.45) is 3.89. The van der Waals surface area contributed by atoms with Crippen LogP contribution in [0.5, 0.6) is 11.5 Å². The van der Waals surface area contributed by atoms with E-state index in [4.69, 9.17) is 9.47 Å². The predicted molar refractivity (Wildman–Crippen MR) is 155 cm³/mol. The van der Waals surface area contributed by atoms with Crippen molar-refractivity contribution in [1.82, 2.24) is 34.4 Å². The molecule has 4 heterocycles. The third-order valence-electron chi connectivity index (χ3n) is 7.27. The molecule has 1 saturated heterocycles. The van der Waals surface area contributed by atoms with E-state index in [1.165, 1.54) is 12.7 Å². The third-order valence-corrected chi connectivity index (χ3v) is 7.27. The quantitative estimate of drug-likeness (QED) is 0.267. The molecule has 1 atom stereocenters. The monoisotopic (exact) mass is 574 g/mol. The number of ether oxygens (including phenoxy) is 2. The summed E-state index contributed by atoms with van der Waals surface area (Å²) in [7, 11) is 1.69. The van der Waals surface area contributed by atoms with Crippen LogP contribution in [-0.2, 0) is 6.42 Å². The molecule has 6 rings (SSSR count). The van der Waals surface area contributed by atoms with Crippen molar-refractivity contribution in [2.75, 3.05) is 25.5 Å². The van der Waals surface area contributed by atoms with Crippen molar-refractivity contribution < 1.29 is 18.3 Å². The van der Waals surface area contributed by atoms with Crippen LogP contribution in [0, 0.1) is 6.92 Å². The number of likely N-dealkylation sites (tertiary alicyclic amines) is 1. The van der Waals surface area contributed by atoms with Crippen LogP contribution in [0.25, 0.3) is 16.6 Å². The smallest absolute Gasteiger partial charge is 0.296 e. The van der Waals surface area contributed by atoms with Gasteiger partial charge in [0.2, 0.25) is 0 Å². The summed E-state index contributed by atoms with van der Waals surface area (Å²) in [6.45, 7) is 5.91. The number of halogens is 2. The first-order valence-corrected chi connectivity index (χ1v) is 13.8. The van der Waals surface area contributed by atoms with Gasteiger partial charge in [0.15, 0.2) is 23.3 Å². The minimum atomic E-state index is -3.03. The summed E-state index contributed by atoms with van der Waals surface area (Å²) >= 11 is 0. The Morgan fingerprint density at radius 1 is 1.07 bits per heavy atom. The lowest BCUT2D eigenvalue weighted by Crippen LogP contribution is -2.52. The van der Waals surface area contributed by atoms with Gasteiger partial charge in [0.25, 0.3) is 5.92 Å². The molecule has 0 spiro atoms. The normalized spacial score (nSPS) is 17.2. The Morgan fingerprint density at radius 2 is 1.93 bits per heavy atom. The molecule has 0 unspecified atom stereocenters. The molecule has 0 saturated carbocycles. The highest BCUT2D eigenvalue weighted by Gasteiger charge is 2.46. The van der Waals surface area contributed by atoms with Crippen LogP contribution in [0.15, 0.2) is 55.4 Å². The summed E-state index contributed by atoms with van der Waals surface area (Å²) < 4.78 is 43.9. The van der Waals surface area contributed by atoms with Crippen molar-refractivity contribution in [1.29, 1.82) is 0 Å². The fraction of sp³-hybridized carbons (Fsp3) is 0.367. The number of hydrogen-bond donors (Lipinski definition) is 1. The number of aromatic nitrogens is 6. The lowest BCUT2D eigenvalue weighted by molar-refractivity contribution is -0.135. The number of alkyl halides is 2. The molecule has 0 amide bonds. The van der Waals surface area contributed by atoms with Gasteiger partial charge in [0.1, 0.15) is 24.8 Å². The standard InChI is InChI=1S/C30H32F2N8O2/c1-18(2)41-24-8-7-23-27(28(24)42-25-9-10-39(4)14-30(25,31)32)29(35-15-33-23)38-21-6-5-20(19(3)11-21)12-22-13-26-34-16-37-40(26)17-36-22/h5-8,11,13,15-18,25H,9-10,12,14H2,1-4H3,(H,33,35,38)/t25-/m1/s1. The van der Waals surface area contributed by atoms with Crippen LogP contribution < -0.4 is 14.8 Å². The van der Waals surface area contributed by atoms with E-state index in [0.717, 1.165) is 28.2 Å². The highest BCUT2D eigenvalue weighted by Crippen LogP contribution is 2.42. The Balaban J connectivity index is 1.33. The summed E-state index contributed by atoms with van der Waals surface area (Å²) in [4.78, 5) is 19.2. The van der Waals surface area contributed by atoms with Gasteiger partial charge >= 0.3 is 0 Å². The van der Waals surface area contributed by atoms with Gasteiger partial charge in [0.05, 0.1) is 29.2 Å². The van der Waals surface area contributed by atoms with E-state index < -0.39 is 12.0 Å². The number of hydrogen-bond acceptors (Lipinski definition) is 9. The van der Waals surface area contributed by atoms with Gasteiger partial charge in [-0.15, -0.1) is 0 Å². The highest BCUT2D eigenvalue weighted by atomic mass is 19.3.